The monoisotopic (exact) mass is 528 g/mol. The summed E-state index contributed by atoms with van der Waals surface area (Å²) >= 11 is 0. The van der Waals surface area contributed by atoms with Gasteiger partial charge in [-0.1, -0.05) is 121 Å². The molecule has 192 valence electrons. The number of hydrogen-bond acceptors (Lipinski definition) is 0. The molecule has 0 saturated heterocycles. The fourth-order valence-electron chi connectivity index (χ4n) is 9.06. The van der Waals surface area contributed by atoms with Crippen LogP contribution in [-0.4, -0.2) is 0 Å². The van der Waals surface area contributed by atoms with E-state index in [0.717, 1.165) is 0 Å². The maximum absolute atomic E-state index is 2.58. The molecule has 0 radical (unpaired) electrons. The Morgan fingerprint density at radius 2 is 1.24 bits per heavy atom. The highest BCUT2D eigenvalue weighted by molar-refractivity contribution is 6.16. The van der Waals surface area contributed by atoms with E-state index in [2.05, 4.69) is 146 Å². The van der Waals surface area contributed by atoms with Gasteiger partial charge in [-0.2, -0.15) is 0 Å². The van der Waals surface area contributed by atoms with Gasteiger partial charge in [0.2, 0.25) is 0 Å². The van der Waals surface area contributed by atoms with Gasteiger partial charge in [0.1, 0.15) is 0 Å². The van der Waals surface area contributed by atoms with Crippen molar-refractivity contribution in [3.05, 3.63) is 165 Å². The van der Waals surface area contributed by atoms with Crippen molar-refractivity contribution in [1.29, 1.82) is 0 Å². The molecule has 0 heterocycles. The summed E-state index contributed by atoms with van der Waals surface area (Å²) in [5.41, 5.74) is 10.3. The molecule has 2 unspecified atom stereocenters. The Morgan fingerprint density at radius 3 is 2.12 bits per heavy atom. The third-order valence-corrected chi connectivity index (χ3v) is 10.7. The van der Waals surface area contributed by atoms with Gasteiger partial charge in [0.25, 0.3) is 0 Å². The lowest BCUT2D eigenvalue weighted by molar-refractivity contribution is 0.745. The molecule has 2 atom stereocenters. The maximum Gasteiger partial charge on any atom is 0.0590 e. The predicted molar refractivity (Wildman–Crippen MR) is 178 cm³/mol. The highest BCUT2D eigenvalue weighted by Crippen LogP contribution is 2.60. The van der Waals surface area contributed by atoms with Crippen LogP contribution in [0.15, 0.2) is 127 Å². The minimum Gasteiger partial charge on any atom is -0.0658 e. The molecule has 0 heteroatoms. The van der Waals surface area contributed by atoms with Crippen molar-refractivity contribution in [3.63, 3.8) is 0 Å². The summed E-state index contributed by atoms with van der Waals surface area (Å²) in [6, 6.07) is 25.1. The third kappa shape index (κ3) is 2.25. The second-order valence-electron chi connectivity index (χ2n) is 12.5. The van der Waals surface area contributed by atoms with E-state index in [4.69, 9.17) is 0 Å². The van der Waals surface area contributed by atoms with Crippen molar-refractivity contribution in [1.82, 2.24) is 0 Å². The summed E-state index contributed by atoms with van der Waals surface area (Å²) in [7, 11) is 0. The van der Waals surface area contributed by atoms with E-state index >= 15 is 0 Å². The van der Waals surface area contributed by atoms with Crippen molar-refractivity contribution in [2.45, 2.75) is 5.41 Å². The Morgan fingerprint density at radius 1 is 0.524 bits per heavy atom. The van der Waals surface area contributed by atoms with E-state index in [-0.39, 0.29) is 10.8 Å². The topological polar surface area (TPSA) is 0 Å². The first-order valence-corrected chi connectivity index (χ1v) is 14.9. The van der Waals surface area contributed by atoms with Crippen LogP contribution in [0.5, 0.6) is 0 Å². The molecule has 0 fully saturated rings. The lowest BCUT2D eigenvalue weighted by atomic mass is 9.53. The molecule has 0 nitrogen and oxygen atoms in total. The van der Waals surface area contributed by atoms with Crippen molar-refractivity contribution in [2.75, 3.05) is 0 Å². The molecular weight excluding hydrogens is 504 g/mol. The van der Waals surface area contributed by atoms with Gasteiger partial charge in [-0.05, 0) is 112 Å². The van der Waals surface area contributed by atoms with E-state index in [9.17, 15) is 0 Å². The zero-order valence-corrected chi connectivity index (χ0v) is 22.9. The second kappa shape index (κ2) is 6.98. The van der Waals surface area contributed by atoms with E-state index in [1.54, 1.807) is 0 Å². The summed E-state index contributed by atoms with van der Waals surface area (Å²) in [4.78, 5) is 0. The number of rotatable bonds is 0. The molecule has 5 aromatic rings. The predicted octanol–water partition coefficient (Wildman–Crippen LogP) is 8.55. The van der Waals surface area contributed by atoms with E-state index in [0.29, 0.717) is 0 Å². The van der Waals surface area contributed by atoms with Gasteiger partial charge < -0.3 is 0 Å². The van der Waals surface area contributed by atoms with Crippen LogP contribution < -0.4 is 10.4 Å². The third-order valence-electron chi connectivity index (χ3n) is 10.7. The zero-order valence-electron chi connectivity index (χ0n) is 22.9. The van der Waals surface area contributed by atoms with Crippen molar-refractivity contribution in [2.24, 2.45) is 5.41 Å². The Bertz CT molecular complexity index is 2550. The number of hydrogen-bond donors (Lipinski definition) is 0. The fraction of sp³-hybridized carbons (Fsp3) is 0.0476. The van der Waals surface area contributed by atoms with Crippen LogP contribution in [0.4, 0.5) is 0 Å². The highest BCUT2D eigenvalue weighted by Gasteiger charge is 2.50. The second-order valence-corrected chi connectivity index (χ2v) is 12.5. The van der Waals surface area contributed by atoms with Gasteiger partial charge in [-0.3, -0.25) is 0 Å². The largest absolute Gasteiger partial charge is 0.0658 e. The summed E-state index contributed by atoms with van der Waals surface area (Å²) in [5, 5.41) is 10.7. The lowest BCUT2D eigenvalue weighted by Gasteiger charge is -2.49. The molecule has 0 saturated carbocycles. The Kier molecular flexibility index (Phi) is 3.58. The van der Waals surface area contributed by atoms with Crippen LogP contribution in [-0.2, 0) is 5.41 Å². The van der Waals surface area contributed by atoms with E-state index in [1.165, 1.54) is 87.3 Å². The van der Waals surface area contributed by atoms with Gasteiger partial charge in [0, 0.05) is 0 Å². The molecule has 0 N–H and O–H groups in total. The highest BCUT2D eigenvalue weighted by atomic mass is 14.5. The summed E-state index contributed by atoms with van der Waals surface area (Å²) in [6.45, 7) is 0. The molecular formula is C42H24. The molecule has 5 aromatic carbocycles. The van der Waals surface area contributed by atoms with Gasteiger partial charge >= 0.3 is 0 Å². The zero-order chi connectivity index (χ0) is 27.2. The van der Waals surface area contributed by atoms with Crippen LogP contribution in [0.1, 0.15) is 27.8 Å². The van der Waals surface area contributed by atoms with E-state index in [1.807, 2.05) is 0 Å². The first kappa shape index (κ1) is 21.5. The van der Waals surface area contributed by atoms with Crippen LogP contribution in [0.25, 0.3) is 67.8 Å². The summed E-state index contributed by atoms with van der Waals surface area (Å²) < 4.78 is 0. The van der Waals surface area contributed by atoms with Crippen LogP contribution in [0.3, 0.4) is 0 Å². The molecule has 42 heavy (non-hydrogen) atoms. The Balaban J connectivity index is 1.49. The molecule has 6 aliphatic carbocycles. The summed E-state index contributed by atoms with van der Waals surface area (Å²) in [6.07, 6.45) is 31.1. The average Bonchev–Trinajstić information content (AvgIpc) is 3.21. The standard InChI is InChI=1S/C42H24/c1-3-12-29-25(9-1)21-28-22-27-11-5-7-18-42-20-16-32-30-13-4-2-10-26(30)23-33-35-14-6-8-17-41(35)19-15-31(29)37(28)34(39(27)42)24-36(41)40(42)38(32)33/h1-24H/b19-15-. The SMILES string of the molecule is C1=CC2=c3cc4ccccc4c4c3=C3C5=Cc6c7c(cc8cc9ccccc9c(c68)/C=C\C52C=C1)C=CC=CC37C=C4. The fourth-order valence-corrected chi connectivity index (χ4v) is 9.06. The maximum atomic E-state index is 2.58. The molecule has 2 bridgehead atoms. The molecule has 0 aromatic heterocycles. The lowest BCUT2D eigenvalue weighted by Crippen LogP contribution is -2.50. The van der Waals surface area contributed by atoms with Crippen molar-refractivity contribution in [3.8, 4) is 0 Å². The van der Waals surface area contributed by atoms with Crippen LogP contribution in [0, 0.1) is 5.41 Å². The first-order valence-electron chi connectivity index (χ1n) is 14.9. The molecule has 0 aliphatic heterocycles. The van der Waals surface area contributed by atoms with Gasteiger partial charge in [0.05, 0.1) is 10.8 Å². The van der Waals surface area contributed by atoms with Crippen LogP contribution in [0.2, 0.25) is 0 Å². The molecule has 0 amide bonds. The van der Waals surface area contributed by atoms with E-state index < -0.39 is 0 Å². The number of benzene rings is 5. The quantitative estimate of drug-likeness (QED) is 0.177. The molecule has 6 aliphatic rings. The van der Waals surface area contributed by atoms with Gasteiger partial charge in [-0.25, -0.2) is 0 Å². The minimum atomic E-state index is -0.350. The van der Waals surface area contributed by atoms with Gasteiger partial charge in [0.15, 0.2) is 0 Å². The molecule has 2 spiro atoms. The number of allylic oxidation sites excluding steroid dienone is 10. The van der Waals surface area contributed by atoms with Gasteiger partial charge in [-0.15, -0.1) is 0 Å². The first-order chi connectivity index (χ1) is 20.8. The number of fused-ring (bicyclic) bond motifs is 4. The van der Waals surface area contributed by atoms with Crippen LogP contribution >= 0.6 is 0 Å². The van der Waals surface area contributed by atoms with Crippen molar-refractivity contribution < 1.29 is 0 Å². The van der Waals surface area contributed by atoms with Crippen molar-refractivity contribution >= 4 is 67.8 Å². The minimum absolute atomic E-state index is 0.349. The molecule has 11 rings (SSSR count). The Labute approximate surface area is 243 Å². The normalized spacial score (nSPS) is 25.1. The smallest absolute Gasteiger partial charge is 0.0590 e. The Hall–Kier alpha value is -5.20. The average molecular weight is 529 g/mol. The summed E-state index contributed by atoms with van der Waals surface area (Å²) in [5.74, 6) is 0.